The second-order valence-corrected chi connectivity index (χ2v) is 10.4. The Morgan fingerprint density at radius 2 is 1.57 bits per heavy atom. The zero-order valence-electron chi connectivity index (χ0n) is 21.5. The number of nitrogens with one attached hydrogen (secondary N) is 3. The molecular weight excluding hydrogens is 590 g/mol. The molecule has 7 nitrogen and oxygen atoms in total. The molecule has 0 radical (unpaired) electrons. The molecule has 0 atom stereocenters. The van der Waals surface area contributed by atoms with E-state index in [1.54, 1.807) is 79.9 Å². The quantitative estimate of drug-likeness (QED) is 0.138. The normalized spacial score (nSPS) is 10.9. The molecule has 202 valence electrons. The minimum absolute atomic E-state index is 0.0869. The third kappa shape index (κ3) is 8.59. The van der Waals surface area contributed by atoms with Crippen molar-refractivity contribution < 1.29 is 19.1 Å². The summed E-state index contributed by atoms with van der Waals surface area (Å²) in [6, 6.07) is 30.3. The number of hydrogen-bond acceptors (Lipinski definition) is 5. The highest BCUT2D eigenvalue weighted by Gasteiger charge is 2.15. The number of rotatable bonds is 10. The molecule has 4 aromatic carbocycles. The molecule has 0 bridgehead atoms. The summed E-state index contributed by atoms with van der Waals surface area (Å²) < 4.78 is 5.98. The Labute approximate surface area is 245 Å². The van der Waals surface area contributed by atoms with Crippen molar-refractivity contribution in [2.75, 3.05) is 23.5 Å². The number of carbonyl (C=O) groups is 3. The fourth-order valence-corrected chi connectivity index (χ4v) is 4.76. The molecule has 0 heterocycles. The molecule has 0 saturated heterocycles. The molecule has 3 N–H and O–H groups in total. The largest absolute Gasteiger partial charge is 0.497 e. The summed E-state index contributed by atoms with van der Waals surface area (Å²) in [5.41, 5.74) is 2.46. The molecule has 0 aliphatic heterocycles. The van der Waals surface area contributed by atoms with Gasteiger partial charge in [-0.1, -0.05) is 52.3 Å². The predicted octanol–water partition coefficient (Wildman–Crippen LogP) is 6.60. The zero-order valence-corrected chi connectivity index (χ0v) is 23.9. The van der Waals surface area contributed by atoms with Crippen LogP contribution in [0.4, 0.5) is 11.4 Å². The standard InChI is InChI=1S/C31H26BrN3O4S/c1-39-26-15-13-24(14-16-26)33-29(36)20-40-27-12-6-11-25(19-27)34-31(38)28(18-21-7-5-10-23(32)17-21)35-30(37)22-8-3-2-4-9-22/h2-19H,20H2,1H3,(H,33,36)(H,34,38)(H,35,37)/b28-18+. The summed E-state index contributed by atoms with van der Waals surface area (Å²) in [6.45, 7) is 0. The van der Waals surface area contributed by atoms with Gasteiger partial charge in [-0.05, 0) is 78.4 Å². The van der Waals surface area contributed by atoms with Crippen molar-refractivity contribution in [2.24, 2.45) is 0 Å². The van der Waals surface area contributed by atoms with Gasteiger partial charge in [0.2, 0.25) is 5.91 Å². The van der Waals surface area contributed by atoms with Crippen LogP contribution in [0.5, 0.6) is 5.75 Å². The van der Waals surface area contributed by atoms with E-state index in [4.69, 9.17) is 4.74 Å². The Hall–Kier alpha value is -4.34. The average molecular weight is 617 g/mol. The van der Waals surface area contributed by atoms with Crippen LogP contribution in [0.3, 0.4) is 0 Å². The summed E-state index contributed by atoms with van der Waals surface area (Å²) in [5.74, 6) is -0.147. The van der Waals surface area contributed by atoms with Gasteiger partial charge in [-0.2, -0.15) is 0 Å². The van der Waals surface area contributed by atoms with Gasteiger partial charge in [0.05, 0.1) is 12.9 Å². The van der Waals surface area contributed by atoms with Crippen LogP contribution in [0.1, 0.15) is 15.9 Å². The van der Waals surface area contributed by atoms with Gasteiger partial charge in [-0.15, -0.1) is 11.8 Å². The molecule has 40 heavy (non-hydrogen) atoms. The summed E-state index contributed by atoms with van der Waals surface area (Å²) in [6.07, 6.45) is 1.61. The smallest absolute Gasteiger partial charge is 0.272 e. The fourth-order valence-electron chi connectivity index (χ4n) is 3.59. The van der Waals surface area contributed by atoms with Crippen molar-refractivity contribution in [1.29, 1.82) is 0 Å². The molecule has 4 rings (SSSR count). The van der Waals surface area contributed by atoms with Crippen molar-refractivity contribution >= 4 is 62.9 Å². The number of halogens is 1. The third-order valence-corrected chi connectivity index (χ3v) is 7.01. The van der Waals surface area contributed by atoms with Crippen LogP contribution in [-0.4, -0.2) is 30.6 Å². The van der Waals surface area contributed by atoms with Crippen LogP contribution in [0.15, 0.2) is 118 Å². The molecular formula is C31H26BrN3O4S. The molecule has 0 unspecified atom stereocenters. The van der Waals surface area contributed by atoms with Crippen LogP contribution in [-0.2, 0) is 9.59 Å². The van der Waals surface area contributed by atoms with Crippen molar-refractivity contribution in [1.82, 2.24) is 5.32 Å². The highest BCUT2D eigenvalue weighted by atomic mass is 79.9. The number of ether oxygens (including phenoxy) is 1. The second kappa shape index (κ2) is 14.2. The van der Waals surface area contributed by atoms with Crippen LogP contribution in [0.25, 0.3) is 6.08 Å². The second-order valence-electron chi connectivity index (χ2n) is 8.48. The molecule has 3 amide bonds. The molecule has 0 saturated carbocycles. The zero-order chi connectivity index (χ0) is 28.3. The fraction of sp³-hybridized carbons (Fsp3) is 0.0645. The van der Waals surface area contributed by atoms with E-state index in [9.17, 15) is 14.4 Å². The number of anilines is 2. The first-order valence-corrected chi connectivity index (χ1v) is 14.0. The first-order chi connectivity index (χ1) is 19.4. The van der Waals surface area contributed by atoms with E-state index in [0.29, 0.717) is 22.7 Å². The van der Waals surface area contributed by atoms with Gasteiger partial charge in [-0.3, -0.25) is 14.4 Å². The highest BCUT2D eigenvalue weighted by Crippen LogP contribution is 2.23. The Bertz CT molecular complexity index is 1530. The minimum atomic E-state index is -0.483. The average Bonchev–Trinajstić information content (AvgIpc) is 2.97. The summed E-state index contributed by atoms with van der Waals surface area (Å²) in [4.78, 5) is 39.4. The van der Waals surface area contributed by atoms with Gasteiger partial charge in [-0.25, -0.2) is 0 Å². The number of methoxy groups -OCH3 is 1. The molecule has 0 aromatic heterocycles. The topological polar surface area (TPSA) is 96.5 Å². The van der Waals surface area contributed by atoms with Crippen molar-refractivity contribution in [3.05, 3.63) is 124 Å². The molecule has 0 aliphatic rings. The first kappa shape index (κ1) is 28.7. The summed E-state index contributed by atoms with van der Waals surface area (Å²) >= 11 is 4.77. The van der Waals surface area contributed by atoms with E-state index >= 15 is 0 Å². The van der Waals surface area contributed by atoms with Crippen LogP contribution in [0, 0.1) is 0 Å². The van der Waals surface area contributed by atoms with E-state index in [-0.39, 0.29) is 17.4 Å². The lowest BCUT2D eigenvalue weighted by Gasteiger charge is -2.12. The van der Waals surface area contributed by atoms with E-state index in [2.05, 4.69) is 31.9 Å². The van der Waals surface area contributed by atoms with Crippen LogP contribution >= 0.6 is 27.7 Å². The maximum Gasteiger partial charge on any atom is 0.272 e. The Morgan fingerprint density at radius 3 is 2.30 bits per heavy atom. The van der Waals surface area contributed by atoms with Crippen LogP contribution in [0.2, 0.25) is 0 Å². The molecule has 0 fully saturated rings. The van der Waals surface area contributed by atoms with E-state index in [1.165, 1.54) is 11.8 Å². The monoisotopic (exact) mass is 615 g/mol. The van der Waals surface area contributed by atoms with Gasteiger partial charge in [0.25, 0.3) is 11.8 Å². The van der Waals surface area contributed by atoms with Gasteiger partial charge >= 0.3 is 0 Å². The molecule has 0 spiro atoms. The van der Waals surface area contributed by atoms with E-state index in [1.807, 2.05) is 36.4 Å². The SMILES string of the molecule is COc1ccc(NC(=O)CSc2cccc(NC(=O)/C(=C\c3cccc(Br)c3)NC(=O)c3ccccc3)c2)cc1. The lowest BCUT2D eigenvalue weighted by Crippen LogP contribution is -2.30. The number of amides is 3. The minimum Gasteiger partial charge on any atom is -0.497 e. The number of carbonyl (C=O) groups excluding carboxylic acids is 3. The van der Waals surface area contributed by atoms with Crippen molar-refractivity contribution in [3.8, 4) is 5.75 Å². The Morgan fingerprint density at radius 1 is 0.825 bits per heavy atom. The molecule has 0 aliphatic carbocycles. The van der Waals surface area contributed by atoms with Gasteiger partial charge < -0.3 is 20.7 Å². The molecule has 9 heteroatoms. The van der Waals surface area contributed by atoms with E-state index in [0.717, 1.165) is 14.9 Å². The number of thioether (sulfide) groups is 1. The predicted molar refractivity (Wildman–Crippen MR) is 163 cm³/mol. The maximum atomic E-state index is 13.3. The lowest BCUT2D eigenvalue weighted by atomic mass is 10.1. The van der Waals surface area contributed by atoms with Crippen LogP contribution < -0.4 is 20.7 Å². The summed E-state index contributed by atoms with van der Waals surface area (Å²) in [5, 5.41) is 8.44. The van der Waals surface area contributed by atoms with Crippen molar-refractivity contribution in [2.45, 2.75) is 4.90 Å². The lowest BCUT2D eigenvalue weighted by molar-refractivity contribution is -0.114. The summed E-state index contributed by atoms with van der Waals surface area (Å²) in [7, 11) is 1.58. The van der Waals surface area contributed by atoms with E-state index < -0.39 is 11.8 Å². The Balaban J connectivity index is 1.43. The highest BCUT2D eigenvalue weighted by molar-refractivity contribution is 9.10. The van der Waals surface area contributed by atoms with Gasteiger partial charge in [0.15, 0.2) is 0 Å². The van der Waals surface area contributed by atoms with Gasteiger partial charge in [0.1, 0.15) is 11.4 Å². The first-order valence-electron chi connectivity index (χ1n) is 12.2. The third-order valence-electron chi connectivity index (χ3n) is 5.52. The van der Waals surface area contributed by atoms with Gasteiger partial charge in [0, 0.05) is 26.3 Å². The maximum absolute atomic E-state index is 13.3. The number of hydrogen-bond donors (Lipinski definition) is 3. The number of benzene rings is 4. The molecule has 4 aromatic rings. The van der Waals surface area contributed by atoms with Crippen molar-refractivity contribution in [3.63, 3.8) is 0 Å². The Kier molecular flexibility index (Phi) is 10.1.